The maximum absolute atomic E-state index is 5.98. The number of hydrogen-bond donors (Lipinski definition) is 1. The number of ether oxygens (including phenoxy) is 1. The van der Waals surface area contributed by atoms with Crippen molar-refractivity contribution < 1.29 is 4.74 Å². The molecular formula is C11H15BrClNO. The summed E-state index contributed by atoms with van der Waals surface area (Å²) in [5, 5.41) is 0. The summed E-state index contributed by atoms with van der Waals surface area (Å²) >= 11 is 3.41. The van der Waals surface area contributed by atoms with E-state index in [2.05, 4.69) is 22.5 Å². The van der Waals surface area contributed by atoms with E-state index in [4.69, 9.17) is 10.5 Å². The second-order valence-corrected chi connectivity index (χ2v) is 3.93. The highest BCUT2D eigenvalue weighted by Crippen LogP contribution is 2.28. The molecule has 0 heterocycles. The molecule has 0 unspecified atom stereocenters. The van der Waals surface area contributed by atoms with Gasteiger partial charge in [0.25, 0.3) is 0 Å². The summed E-state index contributed by atoms with van der Waals surface area (Å²) < 4.78 is 6.24. The normalized spacial score (nSPS) is 11.4. The summed E-state index contributed by atoms with van der Waals surface area (Å²) in [4.78, 5) is 0. The minimum absolute atomic E-state index is 0. The minimum atomic E-state index is -0.0556. The molecule has 84 valence electrons. The Kier molecular flexibility index (Phi) is 6.65. The molecule has 4 heteroatoms. The lowest BCUT2D eigenvalue weighted by atomic mass is 10.0. The van der Waals surface area contributed by atoms with Gasteiger partial charge in [-0.2, -0.15) is 0 Å². The average Bonchev–Trinajstić information content (AvgIpc) is 2.18. The predicted octanol–water partition coefficient (Wildman–Crippen LogP) is 3.46. The van der Waals surface area contributed by atoms with Gasteiger partial charge in [-0.05, 0) is 24.6 Å². The van der Waals surface area contributed by atoms with Crippen molar-refractivity contribution in [1.29, 1.82) is 0 Å². The Balaban J connectivity index is 0.00000196. The van der Waals surface area contributed by atoms with Gasteiger partial charge in [0, 0.05) is 16.1 Å². The molecule has 0 aromatic heterocycles. The number of benzene rings is 1. The predicted molar refractivity (Wildman–Crippen MR) is 69.7 cm³/mol. The van der Waals surface area contributed by atoms with Crippen LogP contribution in [0.25, 0.3) is 0 Å². The first-order valence-electron chi connectivity index (χ1n) is 4.39. The third kappa shape index (κ3) is 3.86. The number of methoxy groups -OCH3 is 1. The first-order valence-corrected chi connectivity index (χ1v) is 5.18. The van der Waals surface area contributed by atoms with Crippen LogP contribution in [0.4, 0.5) is 0 Å². The highest BCUT2D eigenvalue weighted by atomic mass is 79.9. The molecule has 0 amide bonds. The molecule has 2 nitrogen and oxygen atoms in total. The highest BCUT2D eigenvalue weighted by Gasteiger charge is 2.10. The van der Waals surface area contributed by atoms with Crippen LogP contribution in [0.15, 0.2) is 35.3 Å². The molecule has 2 N–H and O–H groups in total. The molecule has 0 aliphatic carbocycles. The van der Waals surface area contributed by atoms with Crippen molar-refractivity contribution in [2.24, 2.45) is 5.73 Å². The molecule has 0 saturated heterocycles. The van der Waals surface area contributed by atoms with Crippen molar-refractivity contribution >= 4 is 28.3 Å². The van der Waals surface area contributed by atoms with E-state index in [1.165, 1.54) is 0 Å². The molecule has 0 fully saturated rings. The zero-order chi connectivity index (χ0) is 10.6. The topological polar surface area (TPSA) is 35.2 Å². The zero-order valence-corrected chi connectivity index (χ0v) is 11.0. The molecule has 1 rings (SSSR count). The van der Waals surface area contributed by atoms with Gasteiger partial charge in [0.15, 0.2) is 0 Å². The van der Waals surface area contributed by atoms with E-state index in [0.29, 0.717) is 0 Å². The van der Waals surface area contributed by atoms with Crippen LogP contribution < -0.4 is 10.5 Å². The van der Waals surface area contributed by atoms with E-state index in [9.17, 15) is 0 Å². The number of rotatable bonds is 4. The van der Waals surface area contributed by atoms with Crippen molar-refractivity contribution in [3.8, 4) is 5.75 Å². The lowest BCUT2D eigenvalue weighted by Gasteiger charge is -2.14. The van der Waals surface area contributed by atoms with Crippen LogP contribution in [-0.2, 0) is 0 Å². The second kappa shape index (κ2) is 6.88. The number of nitrogens with two attached hydrogens (primary N) is 1. The van der Waals surface area contributed by atoms with Crippen molar-refractivity contribution in [3.63, 3.8) is 0 Å². The van der Waals surface area contributed by atoms with E-state index < -0.39 is 0 Å². The summed E-state index contributed by atoms with van der Waals surface area (Å²) in [5.41, 5.74) is 6.98. The molecule has 0 saturated carbocycles. The average molecular weight is 293 g/mol. The SMILES string of the molecule is C=CC[C@H](N)c1cc(Br)ccc1OC.Cl. The lowest BCUT2D eigenvalue weighted by Crippen LogP contribution is -2.10. The molecular weight excluding hydrogens is 277 g/mol. The van der Waals surface area contributed by atoms with Crippen LogP contribution in [0.3, 0.4) is 0 Å². The van der Waals surface area contributed by atoms with Crippen molar-refractivity contribution in [2.75, 3.05) is 7.11 Å². The Morgan fingerprint density at radius 1 is 1.60 bits per heavy atom. The van der Waals surface area contributed by atoms with E-state index in [1.807, 2.05) is 24.3 Å². The van der Waals surface area contributed by atoms with Gasteiger partial charge in [0.1, 0.15) is 5.75 Å². The molecule has 0 bridgehead atoms. The Morgan fingerprint density at radius 3 is 2.80 bits per heavy atom. The van der Waals surface area contributed by atoms with Gasteiger partial charge in [0.05, 0.1) is 7.11 Å². The standard InChI is InChI=1S/C11H14BrNO.ClH/c1-3-4-10(13)9-7-8(12)5-6-11(9)14-2;/h3,5-7,10H,1,4,13H2,2H3;1H/t10-;/m0./s1. The summed E-state index contributed by atoms with van der Waals surface area (Å²) in [6.45, 7) is 3.67. The Bertz CT molecular complexity index is 330. The molecule has 1 aromatic rings. The molecule has 0 radical (unpaired) electrons. The zero-order valence-electron chi connectivity index (χ0n) is 8.57. The molecule has 0 spiro atoms. The first-order chi connectivity index (χ1) is 6.69. The Hall–Kier alpha value is -0.510. The molecule has 15 heavy (non-hydrogen) atoms. The smallest absolute Gasteiger partial charge is 0.123 e. The molecule has 0 aliphatic rings. The van der Waals surface area contributed by atoms with Gasteiger partial charge >= 0.3 is 0 Å². The molecule has 0 aliphatic heterocycles. The largest absolute Gasteiger partial charge is 0.496 e. The maximum Gasteiger partial charge on any atom is 0.123 e. The fourth-order valence-electron chi connectivity index (χ4n) is 1.30. The van der Waals surface area contributed by atoms with Gasteiger partial charge in [0.2, 0.25) is 0 Å². The summed E-state index contributed by atoms with van der Waals surface area (Å²) in [6, 6.07) is 5.76. The number of hydrogen-bond acceptors (Lipinski definition) is 2. The second-order valence-electron chi connectivity index (χ2n) is 3.02. The monoisotopic (exact) mass is 291 g/mol. The van der Waals surface area contributed by atoms with Gasteiger partial charge in [-0.3, -0.25) is 0 Å². The number of halogens is 2. The first kappa shape index (κ1) is 14.5. The maximum atomic E-state index is 5.98. The minimum Gasteiger partial charge on any atom is -0.496 e. The van der Waals surface area contributed by atoms with E-state index in [-0.39, 0.29) is 18.4 Å². The van der Waals surface area contributed by atoms with E-state index >= 15 is 0 Å². The van der Waals surface area contributed by atoms with Crippen molar-refractivity contribution in [2.45, 2.75) is 12.5 Å². The molecule has 1 aromatic carbocycles. The van der Waals surface area contributed by atoms with Gasteiger partial charge in [-0.1, -0.05) is 22.0 Å². The quantitative estimate of drug-likeness (QED) is 0.863. The van der Waals surface area contributed by atoms with Crippen LogP contribution in [0.5, 0.6) is 5.75 Å². The summed E-state index contributed by atoms with van der Waals surface area (Å²) in [7, 11) is 1.65. The highest BCUT2D eigenvalue weighted by molar-refractivity contribution is 9.10. The summed E-state index contributed by atoms with van der Waals surface area (Å²) in [5.74, 6) is 0.822. The van der Waals surface area contributed by atoms with Crippen molar-refractivity contribution in [3.05, 3.63) is 40.9 Å². The van der Waals surface area contributed by atoms with Gasteiger partial charge in [-0.25, -0.2) is 0 Å². The Morgan fingerprint density at radius 2 is 2.27 bits per heavy atom. The Labute approximate surface area is 105 Å². The van der Waals surface area contributed by atoms with Crippen LogP contribution in [0, 0.1) is 0 Å². The van der Waals surface area contributed by atoms with Gasteiger partial charge in [-0.15, -0.1) is 19.0 Å². The van der Waals surface area contributed by atoms with Crippen LogP contribution in [0.1, 0.15) is 18.0 Å². The lowest BCUT2D eigenvalue weighted by molar-refractivity contribution is 0.405. The fourth-order valence-corrected chi connectivity index (χ4v) is 1.68. The van der Waals surface area contributed by atoms with Gasteiger partial charge < -0.3 is 10.5 Å². The van der Waals surface area contributed by atoms with Crippen LogP contribution in [-0.4, -0.2) is 7.11 Å². The summed E-state index contributed by atoms with van der Waals surface area (Å²) in [6.07, 6.45) is 2.55. The molecule has 1 atom stereocenters. The van der Waals surface area contributed by atoms with Crippen LogP contribution in [0.2, 0.25) is 0 Å². The third-order valence-corrected chi connectivity index (χ3v) is 2.51. The third-order valence-electron chi connectivity index (χ3n) is 2.01. The van der Waals surface area contributed by atoms with Crippen LogP contribution >= 0.6 is 28.3 Å². The van der Waals surface area contributed by atoms with Crippen molar-refractivity contribution in [1.82, 2.24) is 0 Å². The van der Waals surface area contributed by atoms with E-state index in [0.717, 1.165) is 22.2 Å². The fraction of sp³-hybridized carbons (Fsp3) is 0.273. The van der Waals surface area contributed by atoms with E-state index in [1.54, 1.807) is 7.11 Å².